The van der Waals surface area contributed by atoms with Crippen molar-refractivity contribution in [3.8, 4) is 5.75 Å². The van der Waals surface area contributed by atoms with Gasteiger partial charge in [-0.15, -0.1) is 0 Å². The third-order valence-corrected chi connectivity index (χ3v) is 4.70. The Morgan fingerprint density at radius 2 is 1.70 bits per heavy atom. The molecule has 0 radical (unpaired) electrons. The number of carbonyl (C=O) groups is 2. The molecule has 0 spiro atoms. The van der Waals surface area contributed by atoms with E-state index in [9.17, 15) is 9.59 Å². The highest BCUT2D eigenvalue weighted by molar-refractivity contribution is 6.04. The fourth-order valence-electron chi connectivity index (χ4n) is 3.47. The summed E-state index contributed by atoms with van der Waals surface area (Å²) in [6.45, 7) is 3.86. The Bertz CT molecular complexity index is 806. The highest BCUT2D eigenvalue weighted by Crippen LogP contribution is 2.21. The molecule has 3 rings (SSSR count). The molecule has 142 valence electrons. The van der Waals surface area contributed by atoms with E-state index in [1.807, 2.05) is 32.0 Å². The number of hydrogen-bond acceptors (Lipinski definition) is 3. The van der Waals surface area contributed by atoms with Crippen LogP contribution in [0.1, 0.15) is 47.2 Å². The summed E-state index contributed by atoms with van der Waals surface area (Å²) in [7, 11) is 0. The molecule has 27 heavy (non-hydrogen) atoms. The van der Waals surface area contributed by atoms with Gasteiger partial charge in [-0.3, -0.25) is 9.59 Å². The first-order chi connectivity index (χ1) is 13.0. The molecule has 0 atom stereocenters. The van der Waals surface area contributed by atoms with E-state index in [0.717, 1.165) is 36.8 Å². The second kappa shape index (κ2) is 8.71. The zero-order valence-electron chi connectivity index (χ0n) is 15.9. The minimum atomic E-state index is -0.296. The van der Waals surface area contributed by atoms with Crippen molar-refractivity contribution in [1.82, 2.24) is 5.32 Å². The molecule has 2 N–H and O–H groups in total. The van der Waals surface area contributed by atoms with E-state index in [1.54, 1.807) is 24.3 Å². The van der Waals surface area contributed by atoms with Crippen molar-refractivity contribution < 1.29 is 14.3 Å². The smallest absolute Gasteiger partial charge is 0.262 e. The number of hydrogen-bond donors (Lipinski definition) is 2. The minimum absolute atomic E-state index is 0.110. The molecule has 0 heterocycles. The topological polar surface area (TPSA) is 67.4 Å². The maximum Gasteiger partial charge on any atom is 0.262 e. The van der Waals surface area contributed by atoms with Crippen LogP contribution in [0.5, 0.6) is 5.75 Å². The average molecular weight is 366 g/mol. The molecule has 2 amide bonds. The maximum atomic E-state index is 12.6. The molecule has 5 nitrogen and oxygen atoms in total. The van der Waals surface area contributed by atoms with E-state index in [2.05, 4.69) is 10.6 Å². The Morgan fingerprint density at radius 3 is 2.41 bits per heavy atom. The number of benzene rings is 2. The number of ether oxygens (including phenoxy) is 1. The number of aryl methyl sites for hydroxylation is 2. The Kier molecular flexibility index (Phi) is 6.12. The van der Waals surface area contributed by atoms with Crippen molar-refractivity contribution in [1.29, 1.82) is 0 Å². The molecule has 5 heteroatoms. The molecular weight excluding hydrogens is 340 g/mol. The Balaban J connectivity index is 1.61. The summed E-state index contributed by atoms with van der Waals surface area (Å²) < 4.78 is 5.60. The van der Waals surface area contributed by atoms with Crippen LogP contribution in [0.4, 0.5) is 5.69 Å². The highest BCUT2D eigenvalue weighted by Gasteiger charge is 2.20. The number of amides is 2. The fourth-order valence-corrected chi connectivity index (χ4v) is 3.47. The molecule has 2 aromatic rings. The molecule has 0 saturated heterocycles. The molecule has 1 aliphatic rings. The van der Waals surface area contributed by atoms with Crippen molar-refractivity contribution in [2.45, 2.75) is 45.6 Å². The third-order valence-electron chi connectivity index (χ3n) is 4.70. The summed E-state index contributed by atoms with van der Waals surface area (Å²) in [5.74, 6) is 0.221. The minimum Gasteiger partial charge on any atom is -0.484 e. The lowest BCUT2D eigenvalue weighted by atomic mass is 10.1. The second-order valence-electron chi connectivity index (χ2n) is 7.16. The molecule has 0 bridgehead atoms. The maximum absolute atomic E-state index is 12.6. The van der Waals surface area contributed by atoms with Gasteiger partial charge in [0.15, 0.2) is 6.61 Å². The van der Waals surface area contributed by atoms with Gasteiger partial charge in [0, 0.05) is 6.04 Å². The monoisotopic (exact) mass is 366 g/mol. The van der Waals surface area contributed by atoms with E-state index in [4.69, 9.17) is 4.74 Å². The highest BCUT2D eigenvalue weighted by atomic mass is 16.5. The summed E-state index contributed by atoms with van der Waals surface area (Å²) in [5.41, 5.74) is 3.14. The van der Waals surface area contributed by atoms with Gasteiger partial charge in [0.05, 0.1) is 11.3 Å². The van der Waals surface area contributed by atoms with Crippen LogP contribution < -0.4 is 15.4 Å². The second-order valence-corrected chi connectivity index (χ2v) is 7.16. The van der Waals surface area contributed by atoms with Crippen LogP contribution in [0.25, 0.3) is 0 Å². The standard InChI is InChI=1S/C22H26N2O3/c1-15-11-16(2)13-18(12-15)27-14-21(25)24-20-10-6-5-9-19(20)22(26)23-17-7-3-4-8-17/h5-6,9-13,17H,3-4,7-8,14H2,1-2H3,(H,23,26)(H,24,25). The van der Waals surface area contributed by atoms with Crippen molar-refractivity contribution in [3.05, 3.63) is 59.2 Å². The Hall–Kier alpha value is -2.82. The van der Waals surface area contributed by atoms with Crippen LogP contribution in [0, 0.1) is 13.8 Å². The summed E-state index contributed by atoms with van der Waals surface area (Å²) >= 11 is 0. The molecule has 0 unspecified atom stereocenters. The van der Waals surface area contributed by atoms with Crippen LogP contribution in [0.2, 0.25) is 0 Å². The predicted octanol–water partition coefficient (Wildman–Crippen LogP) is 3.99. The summed E-state index contributed by atoms with van der Waals surface area (Å²) in [4.78, 5) is 24.9. The molecule has 1 aliphatic carbocycles. The summed E-state index contributed by atoms with van der Waals surface area (Å²) in [6.07, 6.45) is 4.34. The van der Waals surface area contributed by atoms with Crippen molar-refractivity contribution in [2.24, 2.45) is 0 Å². The predicted molar refractivity (Wildman–Crippen MR) is 106 cm³/mol. The van der Waals surface area contributed by atoms with Gasteiger partial charge in [-0.05, 0) is 62.1 Å². The van der Waals surface area contributed by atoms with Gasteiger partial charge in [-0.1, -0.05) is 31.0 Å². The normalized spacial score (nSPS) is 14.0. The first-order valence-electron chi connectivity index (χ1n) is 9.42. The molecule has 0 aliphatic heterocycles. The van der Waals surface area contributed by atoms with Crippen LogP contribution in [0.15, 0.2) is 42.5 Å². The fraction of sp³-hybridized carbons (Fsp3) is 0.364. The number of carbonyl (C=O) groups excluding carboxylic acids is 2. The molecule has 0 aromatic heterocycles. The van der Waals surface area contributed by atoms with Crippen molar-refractivity contribution in [2.75, 3.05) is 11.9 Å². The lowest BCUT2D eigenvalue weighted by Gasteiger charge is -2.15. The zero-order valence-corrected chi connectivity index (χ0v) is 15.9. The SMILES string of the molecule is Cc1cc(C)cc(OCC(=O)Nc2ccccc2C(=O)NC2CCCC2)c1. The zero-order chi connectivity index (χ0) is 19.2. The first kappa shape index (κ1) is 19.0. The van der Waals surface area contributed by atoms with Gasteiger partial charge in [-0.2, -0.15) is 0 Å². The van der Waals surface area contributed by atoms with Gasteiger partial charge >= 0.3 is 0 Å². The van der Waals surface area contributed by atoms with Gasteiger partial charge < -0.3 is 15.4 Å². The number of anilines is 1. The van der Waals surface area contributed by atoms with E-state index >= 15 is 0 Å². The van der Waals surface area contributed by atoms with Crippen LogP contribution >= 0.6 is 0 Å². The summed E-state index contributed by atoms with van der Waals surface area (Å²) in [6, 6.07) is 13.1. The van der Waals surface area contributed by atoms with Crippen molar-refractivity contribution in [3.63, 3.8) is 0 Å². The molecule has 1 fully saturated rings. The lowest BCUT2D eigenvalue weighted by Crippen LogP contribution is -2.33. The van der Waals surface area contributed by atoms with E-state index in [1.165, 1.54) is 0 Å². The van der Waals surface area contributed by atoms with Gasteiger partial charge in [-0.25, -0.2) is 0 Å². The van der Waals surface area contributed by atoms with Gasteiger partial charge in [0.25, 0.3) is 11.8 Å². The average Bonchev–Trinajstić information content (AvgIpc) is 3.12. The van der Waals surface area contributed by atoms with Gasteiger partial charge in [0.1, 0.15) is 5.75 Å². The number of nitrogens with one attached hydrogen (secondary N) is 2. The van der Waals surface area contributed by atoms with E-state index < -0.39 is 0 Å². The van der Waals surface area contributed by atoms with E-state index in [-0.39, 0.29) is 24.5 Å². The van der Waals surface area contributed by atoms with E-state index in [0.29, 0.717) is 17.0 Å². The number of rotatable bonds is 6. The molecular formula is C22H26N2O3. The van der Waals surface area contributed by atoms with Crippen LogP contribution in [-0.4, -0.2) is 24.5 Å². The Morgan fingerprint density at radius 1 is 1.04 bits per heavy atom. The van der Waals surface area contributed by atoms with Crippen LogP contribution in [0.3, 0.4) is 0 Å². The summed E-state index contributed by atoms with van der Waals surface area (Å²) in [5, 5.41) is 5.85. The number of para-hydroxylation sites is 1. The Labute approximate surface area is 160 Å². The lowest BCUT2D eigenvalue weighted by molar-refractivity contribution is -0.118. The van der Waals surface area contributed by atoms with Gasteiger partial charge in [0.2, 0.25) is 0 Å². The largest absolute Gasteiger partial charge is 0.484 e. The third kappa shape index (κ3) is 5.33. The molecule has 2 aromatic carbocycles. The molecule has 1 saturated carbocycles. The quantitative estimate of drug-likeness (QED) is 0.812. The van der Waals surface area contributed by atoms with Crippen molar-refractivity contribution >= 4 is 17.5 Å². The van der Waals surface area contributed by atoms with Crippen LogP contribution in [-0.2, 0) is 4.79 Å². The first-order valence-corrected chi connectivity index (χ1v) is 9.42.